The van der Waals surface area contributed by atoms with E-state index >= 15 is 0 Å². The van der Waals surface area contributed by atoms with Gasteiger partial charge in [0.2, 0.25) is 0 Å². The second-order valence-corrected chi connectivity index (χ2v) is 5.40. The molecule has 2 N–H and O–H groups in total. The molecule has 0 fully saturated rings. The smallest absolute Gasteiger partial charge is 0.308 e. The maximum absolute atomic E-state index is 13.1. The molecule has 1 aromatic carbocycles. The molecule has 2 amide bonds. The Kier molecular flexibility index (Phi) is 3.60. The summed E-state index contributed by atoms with van der Waals surface area (Å²) in [5, 5.41) is 6.66. The van der Waals surface area contributed by atoms with Crippen LogP contribution < -0.4 is 16.2 Å². The number of nitrogens with one attached hydrogen (secondary N) is 2. The van der Waals surface area contributed by atoms with Crippen LogP contribution in [0.4, 0.5) is 20.6 Å². The number of amides is 2. The van der Waals surface area contributed by atoms with E-state index < -0.39 is 11.8 Å². The van der Waals surface area contributed by atoms with Crippen molar-refractivity contribution in [1.29, 1.82) is 0 Å². The second-order valence-electron chi connectivity index (χ2n) is 4.52. The quantitative estimate of drug-likeness (QED) is 0.763. The number of halogens is 1. The zero-order chi connectivity index (χ0) is 15.7. The number of benzene rings is 1. The molecule has 3 rings (SSSR count). The molecule has 0 unspecified atom stereocenters. The van der Waals surface area contributed by atoms with Crippen molar-refractivity contribution >= 4 is 33.7 Å². The topological polar surface area (TPSA) is 75.5 Å². The monoisotopic (exact) mass is 318 g/mol. The summed E-state index contributed by atoms with van der Waals surface area (Å²) in [6, 6.07) is 4.84. The molecule has 2 aromatic heterocycles. The minimum atomic E-state index is -0.636. The lowest BCUT2D eigenvalue weighted by atomic mass is 10.3. The van der Waals surface area contributed by atoms with E-state index in [9.17, 15) is 14.0 Å². The summed E-state index contributed by atoms with van der Waals surface area (Å²) < 4.78 is 14.4. The molecule has 3 aromatic rings. The Morgan fingerprint density at radius 3 is 2.95 bits per heavy atom. The number of fused-ring (bicyclic) bond motifs is 1. The van der Waals surface area contributed by atoms with Gasteiger partial charge in [-0.25, -0.2) is 14.2 Å². The number of hydrogen-bond donors (Lipinski definition) is 2. The summed E-state index contributed by atoms with van der Waals surface area (Å²) in [5.41, 5.74) is 0.435. The molecule has 6 nitrogen and oxygen atoms in total. The van der Waals surface area contributed by atoms with E-state index in [1.807, 2.05) is 0 Å². The lowest BCUT2D eigenvalue weighted by Gasteiger charge is -2.09. The molecule has 8 heteroatoms. The van der Waals surface area contributed by atoms with Gasteiger partial charge in [-0.3, -0.25) is 9.20 Å². The Hall–Kier alpha value is -2.74. The van der Waals surface area contributed by atoms with Gasteiger partial charge in [-0.1, -0.05) is 6.07 Å². The van der Waals surface area contributed by atoms with Crippen LogP contribution in [0.1, 0.15) is 5.69 Å². The highest BCUT2D eigenvalue weighted by molar-refractivity contribution is 7.15. The number of urea groups is 1. The Balaban J connectivity index is 1.86. The van der Waals surface area contributed by atoms with E-state index in [4.69, 9.17) is 0 Å². The van der Waals surface area contributed by atoms with Crippen LogP contribution in [0.25, 0.3) is 4.96 Å². The van der Waals surface area contributed by atoms with E-state index in [1.165, 1.54) is 33.9 Å². The highest BCUT2D eigenvalue weighted by Crippen LogP contribution is 2.14. The van der Waals surface area contributed by atoms with Crippen LogP contribution >= 0.6 is 11.3 Å². The molecule has 2 heterocycles. The zero-order valence-corrected chi connectivity index (χ0v) is 12.3. The minimum Gasteiger partial charge on any atom is -0.308 e. The number of aryl methyl sites for hydroxylation is 1. The fourth-order valence-corrected chi connectivity index (χ4v) is 2.72. The van der Waals surface area contributed by atoms with Gasteiger partial charge in [0.1, 0.15) is 11.5 Å². The Morgan fingerprint density at radius 2 is 2.18 bits per heavy atom. The predicted molar refractivity (Wildman–Crippen MR) is 83.1 cm³/mol. The van der Waals surface area contributed by atoms with Gasteiger partial charge in [0.15, 0.2) is 4.96 Å². The van der Waals surface area contributed by atoms with Crippen molar-refractivity contribution in [2.75, 3.05) is 10.6 Å². The largest absolute Gasteiger partial charge is 0.323 e. The van der Waals surface area contributed by atoms with E-state index in [2.05, 4.69) is 15.6 Å². The molecule has 22 heavy (non-hydrogen) atoms. The van der Waals surface area contributed by atoms with Gasteiger partial charge in [0.25, 0.3) is 5.56 Å². The van der Waals surface area contributed by atoms with Gasteiger partial charge in [-0.05, 0) is 25.1 Å². The van der Waals surface area contributed by atoms with Gasteiger partial charge in [0, 0.05) is 17.3 Å². The SMILES string of the molecule is Cc1nc2sccn2c(=O)c1NC(=O)Nc1cccc(F)c1. The number of thiazole rings is 1. The standard InChI is InChI=1S/C14H11FN4O2S/c1-8-11(12(20)19-5-6-22-14(19)16-8)18-13(21)17-10-4-2-3-9(15)7-10/h2-7H,1H3,(H2,17,18,21). The third-order valence-electron chi connectivity index (χ3n) is 2.97. The van der Waals surface area contributed by atoms with Gasteiger partial charge in [-0.2, -0.15) is 0 Å². The summed E-state index contributed by atoms with van der Waals surface area (Å²) in [6.07, 6.45) is 1.59. The van der Waals surface area contributed by atoms with Crippen molar-refractivity contribution < 1.29 is 9.18 Å². The Morgan fingerprint density at radius 1 is 1.36 bits per heavy atom. The molecular weight excluding hydrogens is 307 g/mol. The van der Waals surface area contributed by atoms with Crippen molar-refractivity contribution in [1.82, 2.24) is 9.38 Å². The van der Waals surface area contributed by atoms with Crippen molar-refractivity contribution in [2.24, 2.45) is 0 Å². The molecule has 0 aliphatic rings. The number of anilines is 2. The Labute approximate surface area is 128 Å². The number of hydrogen-bond acceptors (Lipinski definition) is 4. The zero-order valence-electron chi connectivity index (χ0n) is 11.5. The van der Waals surface area contributed by atoms with Gasteiger partial charge < -0.3 is 10.6 Å². The predicted octanol–water partition coefficient (Wildman–Crippen LogP) is 2.85. The molecule has 0 saturated heterocycles. The van der Waals surface area contributed by atoms with E-state index in [0.29, 0.717) is 16.3 Å². The van der Waals surface area contributed by atoms with Crippen LogP contribution in [0.3, 0.4) is 0 Å². The number of aromatic nitrogens is 2. The third-order valence-corrected chi connectivity index (χ3v) is 3.72. The van der Waals surface area contributed by atoms with Crippen LogP contribution in [0.2, 0.25) is 0 Å². The maximum atomic E-state index is 13.1. The summed E-state index contributed by atoms with van der Waals surface area (Å²) >= 11 is 1.33. The maximum Gasteiger partial charge on any atom is 0.323 e. The average molecular weight is 318 g/mol. The van der Waals surface area contributed by atoms with Crippen LogP contribution in [0.5, 0.6) is 0 Å². The fourth-order valence-electron chi connectivity index (χ4n) is 1.97. The van der Waals surface area contributed by atoms with Crippen molar-refractivity contribution in [2.45, 2.75) is 6.92 Å². The molecule has 0 radical (unpaired) electrons. The van der Waals surface area contributed by atoms with Crippen molar-refractivity contribution in [3.8, 4) is 0 Å². The highest BCUT2D eigenvalue weighted by atomic mass is 32.1. The van der Waals surface area contributed by atoms with Crippen LogP contribution in [0, 0.1) is 12.7 Å². The minimum absolute atomic E-state index is 0.0878. The third kappa shape index (κ3) is 2.68. The second kappa shape index (κ2) is 5.57. The van der Waals surface area contributed by atoms with Crippen LogP contribution in [-0.4, -0.2) is 15.4 Å². The van der Waals surface area contributed by atoms with Crippen molar-refractivity contribution in [3.05, 3.63) is 57.7 Å². The van der Waals surface area contributed by atoms with Gasteiger partial charge in [-0.15, -0.1) is 11.3 Å². The number of carbonyl (C=O) groups excluding carboxylic acids is 1. The fraction of sp³-hybridized carbons (Fsp3) is 0.0714. The first-order valence-electron chi connectivity index (χ1n) is 6.34. The number of carbonyl (C=O) groups is 1. The number of rotatable bonds is 2. The van der Waals surface area contributed by atoms with E-state index in [1.54, 1.807) is 24.6 Å². The van der Waals surface area contributed by atoms with Crippen LogP contribution in [-0.2, 0) is 0 Å². The number of nitrogens with zero attached hydrogens (tertiary/aromatic N) is 2. The van der Waals surface area contributed by atoms with Crippen molar-refractivity contribution in [3.63, 3.8) is 0 Å². The van der Waals surface area contributed by atoms with Crippen LogP contribution in [0.15, 0.2) is 40.6 Å². The van der Waals surface area contributed by atoms with E-state index in [-0.39, 0.29) is 11.2 Å². The molecular formula is C14H11FN4O2S. The molecule has 112 valence electrons. The van der Waals surface area contributed by atoms with Gasteiger partial charge in [0.05, 0.1) is 5.69 Å². The summed E-state index contributed by atoms with van der Waals surface area (Å²) in [5.74, 6) is -0.463. The highest BCUT2D eigenvalue weighted by Gasteiger charge is 2.13. The first-order chi connectivity index (χ1) is 10.5. The molecule has 0 bridgehead atoms. The van der Waals surface area contributed by atoms with E-state index in [0.717, 1.165) is 0 Å². The molecule has 0 saturated carbocycles. The molecule has 0 spiro atoms. The average Bonchev–Trinajstić information content (AvgIpc) is 2.91. The first kappa shape index (κ1) is 14.2. The summed E-state index contributed by atoms with van der Waals surface area (Å²) in [7, 11) is 0. The Bertz CT molecular complexity index is 919. The first-order valence-corrected chi connectivity index (χ1v) is 7.22. The lowest BCUT2D eigenvalue weighted by molar-refractivity contribution is 0.262. The van der Waals surface area contributed by atoms with Gasteiger partial charge >= 0.3 is 6.03 Å². The summed E-state index contributed by atoms with van der Waals surface area (Å²) in [6.45, 7) is 1.64. The summed E-state index contributed by atoms with van der Waals surface area (Å²) in [4.78, 5) is 29.0. The lowest BCUT2D eigenvalue weighted by Crippen LogP contribution is -2.27. The molecule has 0 atom stereocenters. The molecule has 0 aliphatic heterocycles. The normalized spacial score (nSPS) is 10.6. The molecule has 0 aliphatic carbocycles.